The quantitative estimate of drug-likeness (QED) is 0.447. The van der Waals surface area contributed by atoms with Crippen LogP contribution in [0, 0.1) is 13.8 Å². The second-order valence-corrected chi connectivity index (χ2v) is 7.44. The van der Waals surface area contributed by atoms with Gasteiger partial charge >= 0.3 is 0 Å². The van der Waals surface area contributed by atoms with E-state index in [-0.39, 0.29) is 5.82 Å². The van der Waals surface area contributed by atoms with Gasteiger partial charge in [0, 0.05) is 35.1 Å². The van der Waals surface area contributed by atoms with E-state index in [9.17, 15) is 4.79 Å². The minimum absolute atomic E-state index is 0.275. The molecule has 1 aromatic carbocycles. The van der Waals surface area contributed by atoms with Crippen LogP contribution in [0.5, 0.6) is 0 Å². The first-order chi connectivity index (χ1) is 14.7. The monoisotopic (exact) mass is 440 g/mol. The number of nitrogens with zero attached hydrogens (tertiary/aromatic N) is 3. The molecular formula is C25H33ClN4O. The van der Waals surface area contributed by atoms with E-state index in [1.54, 1.807) is 20.2 Å². The van der Waals surface area contributed by atoms with Gasteiger partial charge in [-0.05, 0) is 63.5 Å². The Morgan fingerprint density at radius 3 is 2.26 bits per heavy atom. The smallest absolute Gasteiger partial charge is 0.162 e. The van der Waals surface area contributed by atoms with Crippen LogP contribution in [0.3, 0.4) is 0 Å². The number of allylic oxidation sites excluding steroid dienone is 3. The SMILES string of the molecule is C/C=C(\C=NC)C(C)(C=O)c1c(C)nc(/C(=C/C)c2ccc(Cl)cc2C)nc1N.CC. The maximum absolute atomic E-state index is 12.1. The Morgan fingerprint density at radius 2 is 1.81 bits per heavy atom. The summed E-state index contributed by atoms with van der Waals surface area (Å²) in [4.78, 5) is 25.5. The molecule has 1 atom stereocenters. The van der Waals surface area contributed by atoms with Crippen LogP contribution in [0.25, 0.3) is 5.57 Å². The zero-order valence-electron chi connectivity index (χ0n) is 19.7. The highest BCUT2D eigenvalue weighted by Crippen LogP contribution is 2.36. The molecule has 0 radical (unpaired) electrons. The number of aliphatic imine (C=N–C) groups is 1. The molecule has 2 rings (SSSR count). The summed E-state index contributed by atoms with van der Waals surface area (Å²) in [5.41, 5.74) is 10.2. The van der Waals surface area contributed by atoms with Gasteiger partial charge in [-0.2, -0.15) is 0 Å². The lowest BCUT2D eigenvalue weighted by Crippen LogP contribution is -2.31. The molecular weight excluding hydrogens is 408 g/mol. The number of halogens is 1. The molecule has 6 heteroatoms. The fourth-order valence-electron chi connectivity index (χ4n) is 3.61. The predicted octanol–water partition coefficient (Wildman–Crippen LogP) is 5.91. The Balaban J connectivity index is 0.00000233. The Labute approximate surface area is 191 Å². The molecule has 0 aliphatic rings. The number of hydrogen-bond acceptors (Lipinski definition) is 5. The van der Waals surface area contributed by atoms with Crippen molar-refractivity contribution in [2.45, 2.75) is 53.9 Å². The Hall–Kier alpha value is -2.79. The fourth-order valence-corrected chi connectivity index (χ4v) is 3.84. The van der Waals surface area contributed by atoms with Crippen molar-refractivity contribution in [3.63, 3.8) is 0 Å². The molecule has 2 aromatic rings. The number of benzene rings is 1. The first-order valence-electron chi connectivity index (χ1n) is 10.4. The predicted molar refractivity (Wildman–Crippen MR) is 133 cm³/mol. The van der Waals surface area contributed by atoms with E-state index in [1.165, 1.54) is 0 Å². The lowest BCUT2D eigenvalue weighted by molar-refractivity contribution is -0.110. The van der Waals surface area contributed by atoms with E-state index in [0.717, 1.165) is 28.6 Å². The van der Waals surface area contributed by atoms with Gasteiger partial charge in [0.15, 0.2) is 5.82 Å². The molecule has 166 valence electrons. The van der Waals surface area contributed by atoms with E-state index in [4.69, 9.17) is 22.3 Å². The second-order valence-electron chi connectivity index (χ2n) is 7.01. The van der Waals surface area contributed by atoms with Crippen molar-refractivity contribution in [1.82, 2.24) is 9.97 Å². The van der Waals surface area contributed by atoms with Gasteiger partial charge in [-0.1, -0.05) is 43.7 Å². The van der Waals surface area contributed by atoms with Crippen LogP contribution >= 0.6 is 11.6 Å². The zero-order valence-corrected chi connectivity index (χ0v) is 20.5. The summed E-state index contributed by atoms with van der Waals surface area (Å²) in [5.74, 6) is 0.785. The molecule has 0 aliphatic carbocycles. The highest BCUT2D eigenvalue weighted by atomic mass is 35.5. The highest BCUT2D eigenvalue weighted by Gasteiger charge is 2.35. The van der Waals surface area contributed by atoms with Crippen LogP contribution in [0.2, 0.25) is 5.02 Å². The number of aromatic nitrogens is 2. The van der Waals surface area contributed by atoms with Crippen LogP contribution in [0.4, 0.5) is 5.82 Å². The molecule has 1 aromatic heterocycles. The first-order valence-corrected chi connectivity index (χ1v) is 10.7. The van der Waals surface area contributed by atoms with Crippen LogP contribution in [0.15, 0.2) is 40.9 Å². The Morgan fingerprint density at radius 1 is 1.16 bits per heavy atom. The van der Waals surface area contributed by atoms with Crippen LogP contribution in [0.1, 0.15) is 62.8 Å². The van der Waals surface area contributed by atoms with Crippen molar-refractivity contribution in [1.29, 1.82) is 0 Å². The van der Waals surface area contributed by atoms with Gasteiger partial charge in [-0.15, -0.1) is 0 Å². The minimum Gasteiger partial charge on any atom is -0.383 e. The fraction of sp³-hybridized carbons (Fsp3) is 0.360. The molecule has 0 saturated carbocycles. The highest BCUT2D eigenvalue weighted by molar-refractivity contribution is 6.30. The molecule has 0 saturated heterocycles. The number of aryl methyl sites for hydroxylation is 2. The maximum atomic E-state index is 12.1. The minimum atomic E-state index is -0.993. The molecule has 1 heterocycles. The Kier molecular flexibility index (Phi) is 9.79. The van der Waals surface area contributed by atoms with E-state index < -0.39 is 5.41 Å². The summed E-state index contributed by atoms with van der Waals surface area (Å²) in [6.07, 6.45) is 6.33. The summed E-state index contributed by atoms with van der Waals surface area (Å²) in [5, 5.41) is 0.673. The van der Waals surface area contributed by atoms with Gasteiger partial charge in [0.05, 0.1) is 5.41 Å². The van der Waals surface area contributed by atoms with Crippen molar-refractivity contribution < 1.29 is 4.79 Å². The molecule has 0 amide bonds. The summed E-state index contributed by atoms with van der Waals surface area (Å²) in [6, 6.07) is 5.68. The van der Waals surface area contributed by atoms with Gasteiger partial charge in [0.1, 0.15) is 12.1 Å². The lowest BCUT2D eigenvalue weighted by Gasteiger charge is -2.27. The average molecular weight is 441 g/mol. The van der Waals surface area contributed by atoms with E-state index in [1.807, 2.05) is 71.9 Å². The lowest BCUT2D eigenvalue weighted by atomic mass is 9.76. The van der Waals surface area contributed by atoms with Gasteiger partial charge in [-0.25, -0.2) is 9.97 Å². The van der Waals surface area contributed by atoms with Crippen molar-refractivity contribution >= 4 is 35.5 Å². The summed E-state index contributed by atoms with van der Waals surface area (Å²) in [7, 11) is 1.66. The van der Waals surface area contributed by atoms with Gasteiger partial charge in [0.2, 0.25) is 0 Å². The zero-order chi connectivity index (χ0) is 23.8. The molecule has 0 spiro atoms. The van der Waals surface area contributed by atoms with E-state index in [2.05, 4.69) is 9.98 Å². The average Bonchev–Trinajstić information content (AvgIpc) is 2.74. The van der Waals surface area contributed by atoms with Gasteiger partial charge in [-0.3, -0.25) is 4.99 Å². The third-order valence-corrected chi connectivity index (χ3v) is 5.30. The topological polar surface area (TPSA) is 81.2 Å². The Bertz CT molecular complexity index is 1000. The molecule has 2 N–H and O–H groups in total. The largest absolute Gasteiger partial charge is 0.383 e. The standard InChI is InChI=1S/C23H27ClN4O.C2H6/c1-7-16(12-26-6)23(5,13-29)20-15(4)27-22(28-21(20)25)18(8-2)19-10-9-17(24)11-14(19)3;1-2/h7-13H,1-6H3,(H2,25,27,28);1-2H3/b16-7+,18-8+,26-12?;. The van der Waals surface area contributed by atoms with Crippen molar-refractivity contribution in [2.75, 3.05) is 12.8 Å². The summed E-state index contributed by atoms with van der Waals surface area (Å²) >= 11 is 6.10. The number of carbonyl (C=O) groups excluding carboxylic acids is 1. The molecule has 0 fully saturated rings. The van der Waals surface area contributed by atoms with E-state index in [0.29, 0.717) is 22.1 Å². The number of nitrogens with two attached hydrogens (primary N) is 1. The van der Waals surface area contributed by atoms with Gasteiger partial charge < -0.3 is 10.5 Å². The van der Waals surface area contributed by atoms with Crippen molar-refractivity contribution in [3.8, 4) is 0 Å². The molecule has 0 aliphatic heterocycles. The third kappa shape index (κ3) is 5.47. The third-order valence-electron chi connectivity index (χ3n) is 5.06. The number of nitrogen functional groups attached to an aromatic ring is 1. The number of anilines is 1. The number of rotatable bonds is 6. The van der Waals surface area contributed by atoms with Gasteiger partial charge in [0.25, 0.3) is 0 Å². The summed E-state index contributed by atoms with van der Waals surface area (Å²) in [6.45, 7) is 13.4. The first kappa shape index (κ1) is 26.2. The van der Waals surface area contributed by atoms with Crippen molar-refractivity contribution in [2.24, 2.45) is 4.99 Å². The number of hydrogen-bond donors (Lipinski definition) is 1. The number of carbonyl (C=O) groups is 1. The molecule has 31 heavy (non-hydrogen) atoms. The number of aldehydes is 1. The molecule has 5 nitrogen and oxygen atoms in total. The second kappa shape index (κ2) is 11.6. The van der Waals surface area contributed by atoms with Crippen molar-refractivity contribution in [3.05, 3.63) is 69.2 Å². The van der Waals surface area contributed by atoms with E-state index >= 15 is 0 Å². The van der Waals surface area contributed by atoms with Crippen LogP contribution in [-0.4, -0.2) is 29.5 Å². The summed E-state index contributed by atoms with van der Waals surface area (Å²) < 4.78 is 0. The molecule has 0 bridgehead atoms. The van der Waals surface area contributed by atoms with Crippen LogP contribution in [-0.2, 0) is 10.2 Å². The molecule has 1 unspecified atom stereocenters. The normalized spacial score (nSPS) is 14.1. The maximum Gasteiger partial charge on any atom is 0.162 e. The van der Waals surface area contributed by atoms with Crippen LogP contribution < -0.4 is 5.73 Å².